The van der Waals surface area contributed by atoms with E-state index in [4.69, 9.17) is 0 Å². The monoisotopic (exact) mass is 367 g/mol. The van der Waals surface area contributed by atoms with Crippen LogP contribution in [0.3, 0.4) is 0 Å². The first kappa shape index (κ1) is 17.5. The number of anilines is 1. The van der Waals surface area contributed by atoms with Crippen LogP contribution < -0.4 is 5.32 Å². The number of fused-ring (bicyclic) bond motifs is 1. The van der Waals surface area contributed by atoms with Crippen molar-refractivity contribution in [2.24, 2.45) is 0 Å². The van der Waals surface area contributed by atoms with E-state index < -0.39 is 12.0 Å². The van der Waals surface area contributed by atoms with Gasteiger partial charge in [0.2, 0.25) is 0 Å². The largest absolute Gasteiger partial charge is 0.453 e. The van der Waals surface area contributed by atoms with E-state index in [1.165, 1.54) is 17.2 Å². The highest BCUT2D eigenvalue weighted by Crippen LogP contribution is 2.27. The average Bonchev–Trinajstić information content (AvgIpc) is 2.99. The fourth-order valence-electron chi connectivity index (χ4n) is 2.19. The highest BCUT2D eigenvalue weighted by Gasteiger charge is 2.37. The zero-order valence-corrected chi connectivity index (χ0v) is 14.2. The summed E-state index contributed by atoms with van der Waals surface area (Å²) in [6, 6.07) is 11.4. The van der Waals surface area contributed by atoms with Gasteiger partial charge >= 0.3 is 6.18 Å². The van der Waals surface area contributed by atoms with E-state index in [1.54, 1.807) is 17.8 Å². The molecule has 5 nitrogen and oxygen atoms in total. The third-order valence-corrected chi connectivity index (χ3v) is 4.49. The number of halogens is 3. The van der Waals surface area contributed by atoms with Gasteiger partial charge in [0.15, 0.2) is 5.65 Å². The molecule has 2 aromatic heterocycles. The van der Waals surface area contributed by atoms with Crippen molar-refractivity contribution >= 4 is 23.2 Å². The van der Waals surface area contributed by atoms with Gasteiger partial charge in [0, 0.05) is 18.1 Å². The molecular formula is C16H16F3N5S. The molecule has 2 heterocycles. The van der Waals surface area contributed by atoms with Crippen LogP contribution in [0.4, 0.5) is 19.0 Å². The second-order valence-corrected chi connectivity index (χ2v) is 6.58. The topological polar surface area (TPSA) is 55.1 Å². The third-order valence-electron chi connectivity index (χ3n) is 3.46. The molecule has 3 aromatic rings. The van der Waals surface area contributed by atoms with Crippen LogP contribution in [-0.4, -0.2) is 32.1 Å². The van der Waals surface area contributed by atoms with Gasteiger partial charge in [-0.15, -0.1) is 15.3 Å². The van der Waals surface area contributed by atoms with E-state index in [0.29, 0.717) is 16.9 Å². The van der Waals surface area contributed by atoms with Crippen LogP contribution in [0.5, 0.6) is 0 Å². The number of thioether (sulfide) groups is 1. The molecule has 0 atom stereocenters. The predicted molar refractivity (Wildman–Crippen MR) is 91.6 cm³/mol. The maximum atomic E-state index is 12.8. The number of aromatic nitrogens is 4. The maximum Gasteiger partial charge on any atom is 0.453 e. The molecule has 132 valence electrons. The molecule has 0 saturated carbocycles. The van der Waals surface area contributed by atoms with Gasteiger partial charge in [-0.05, 0) is 24.6 Å². The normalized spacial score (nSPS) is 11.8. The molecular weight excluding hydrogens is 351 g/mol. The van der Waals surface area contributed by atoms with Gasteiger partial charge in [-0.2, -0.15) is 29.4 Å². The van der Waals surface area contributed by atoms with E-state index in [-0.39, 0.29) is 5.65 Å². The van der Waals surface area contributed by atoms with Gasteiger partial charge in [-0.3, -0.25) is 0 Å². The number of aryl methyl sites for hydroxylation is 1. The quantitative estimate of drug-likeness (QED) is 0.672. The zero-order valence-electron chi connectivity index (χ0n) is 13.4. The Kier molecular flexibility index (Phi) is 5.12. The van der Waals surface area contributed by atoms with E-state index in [9.17, 15) is 13.2 Å². The highest BCUT2D eigenvalue weighted by atomic mass is 32.2. The van der Waals surface area contributed by atoms with Crippen LogP contribution in [0.1, 0.15) is 17.0 Å². The highest BCUT2D eigenvalue weighted by molar-refractivity contribution is 7.98. The fraction of sp³-hybridized carbons (Fsp3) is 0.312. The van der Waals surface area contributed by atoms with Gasteiger partial charge < -0.3 is 5.32 Å². The van der Waals surface area contributed by atoms with Crippen molar-refractivity contribution in [1.82, 2.24) is 19.8 Å². The van der Waals surface area contributed by atoms with Crippen molar-refractivity contribution in [3.05, 3.63) is 53.3 Å². The lowest BCUT2D eigenvalue weighted by Crippen LogP contribution is -2.14. The Balaban J connectivity index is 1.53. The smallest absolute Gasteiger partial charge is 0.368 e. The van der Waals surface area contributed by atoms with Crippen LogP contribution in [-0.2, 0) is 11.9 Å². The lowest BCUT2D eigenvalue weighted by Gasteiger charge is -2.07. The van der Waals surface area contributed by atoms with E-state index >= 15 is 0 Å². The predicted octanol–water partition coefficient (Wildman–Crippen LogP) is 3.80. The number of rotatable bonds is 6. The molecule has 0 aliphatic heterocycles. The Morgan fingerprint density at radius 2 is 1.84 bits per heavy atom. The van der Waals surface area contributed by atoms with Crippen molar-refractivity contribution in [3.8, 4) is 0 Å². The Hall–Kier alpha value is -2.29. The summed E-state index contributed by atoms with van der Waals surface area (Å²) in [4.78, 5) is 0. The van der Waals surface area contributed by atoms with Crippen LogP contribution in [0, 0.1) is 6.92 Å². The summed E-state index contributed by atoms with van der Waals surface area (Å²) < 4.78 is 39.2. The molecule has 1 aromatic carbocycles. The van der Waals surface area contributed by atoms with Gasteiger partial charge in [0.05, 0.1) is 0 Å². The molecule has 0 bridgehead atoms. The molecule has 0 amide bonds. The summed E-state index contributed by atoms with van der Waals surface area (Å²) in [5.74, 6) is 0.925. The van der Waals surface area contributed by atoms with Crippen LogP contribution in [0.2, 0.25) is 0 Å². The number of hydrogen-bond acceptors (Lipinski definition) is 5. The molecule has 25 heavy (non-hydrogen) atoms. The Morgan fingerprint density at radius 1 is 1.08 bits per heavy atom. The number of nitrogens with zero attached hydrogens (tertiary/aromatic N) is 4. The van der Waals surface area contributed by atoms with Crippen molar-refractivity contribution < 1.29 is 13.2 Å². The van der Waals surface area contributed by atoms with Crippen molar-refractivity contribution in [2.45, 2.75) is 18.9 Å². The van der Waals surface area contributed by atoms with Gasteiger partial charge in [0.1, 0.15) is 5.82 Å². The minimum absolute atomic E-state index is 0.0617. The molecule has 0 unspecified atom stereocenters. The van der Waals surface area contributed by atoms with E-state index in [2.05, 4.69) is 44.9 Å². The SMILES string of the molecule is Cc1ccc(CSCCNc2ccc3nnc(C(F)(F)F)n3n2)cc1. The second-order valence-electron chi connectivity index (χ2n) is 5.47. The first-order valence-corrected chi connectivity index (χ1v) is 8.76. The third kappa shape index (κ3) is 4.41. The van der Waals surface area contributed by atoms with Crippen LogP contribution in [0.25, 0.3) is 5.65 Å². The minimum atomic E-state index is -4.59. The number of nitrogens with one attached hydrogen (secondary N) is 1. The van der Waals surface area contributed by atoms with Gasteiger partial charge in [0.25, 0.3) is 5.82 Å². The lowest BCUT2D eigenvalue weighted by molar-refractivity contribution is -0.146. The summed E-state index contributed by atoms with van der Waals surface area (Å²) in [5, 5.41) is 13.6. The first-order valence-electron chi connectivity index (χ1n) is 7.60. The van der Waals surface area contributed by atoms with Crippen LogP contribution in [0.15, 0.2) is 36.4 Å². The second kappa shape index (κ2) is 7.30. The summed E-state index contributed by atoms with van der Waals surface area (Å²) in [6.07, 6.45) is -4.59. The first-order chi connectivity index (χ1) is 11.9. The molecule has 0 saturated heterocycles. The summed E-state index contributed by atoms with van der Waals surface area (Å²) in [6.45, 7) is 2.64. The molecule has 0 fully saturated rings. The number of benzene rings is 1. The van der Waals surface area contributed by atoms with Crippen molar-refractivity contribution in [1.29, 1.82) is 0 Å². The minimum Gasteiger partial charge on any atom is -0.368 e. The molecule has 0 radical (unpaired) electrons. The summed E-state index contributed by atoms with van der Waals surface area (Å²) >= 11 is 1.74. The van der Waals surface area contributed by atoms with E-state index in [1.807, 2.05) is 6.92 Å². The molecule has 9 heteroatoms. The Morgan fingerprint density at radius 3 is 2.56 bits per heavy atom. The number of hydrogen-bond donors (Lipinski definition) is 1. The van der Waals surface area contributed by atoms with Crippen molar-refractivity contribution in [3.63, 3.8) is 0 Å². The maximum absolute atomic E-state index is 12.8. The summed E-state index contributed by atoms with van der Waals surface area (Å²) in [7, 11) is 0. The molecule has 0 aliphatic rings. The van der Waals surface area contributed by atoms with E-state index in [0.717, 1.165) is 11.5 Å². The molecule has 0 spiro atoms. The van der Waals surface area contributed by atoms with Crippen molar-refractivity contribution in [2.75, 3.05) is 17.6 Å². The molecule has 0 aliphatic carbocycles. The van der Waals surface area contributed by atoms with Crippen LogP contribution >= 0.6 is 11.8 Å². The lowest BCUT2D eigenvalue weighted by atomic mass is 10.2. The molecule has 1 N–H and O–H groups in total. The van der Waals surface area contributed by atoms with Gasteiger partial charge in [-0.1, -0.05) is 29.8 Å². The Labute approximate surface area is 146 Å². The fourth-order valence-corrected chi connectivity index (χ4v) is 3.00. The Bertz CT molecular complexity index is 845. The number of alkyl halides is 3. The summed E-state index contributed by atoms with van der Waals surface area (Å²) in [5.41, 5.74) is 2.53. The zero-order chi connectivity index (χ0) is 17.9. The van der Waals surface area contributed by atoms with Gasteiger partial charge in [-0.25, -0.2) is 0 Å². The average molecular weight is 367 g/mol. The standard InChI is InChI=1S/C16H16F3N5S/c1-11-2-4-12(5-3-11)10-25-9-8-20-13-6-7-14-21-22-15(16(17,18)19)24(14)23-13/h2-7H,8-10H2,1H3,(H,20,23). The molecule has 3 rings (SSSR count).